The van der Waals surface area contributed by atoms with Crippen LogP contribution in [0.3, 0.4) is 0 Å². The van der Waals surface area contributed by atoms with E-state index in [0.717, 1.165) is 18.4 Å². The van der Waals surface area contributed by atoms with Crippen molar-refractivity contribution in [3.05, 3.63) is 47.0 Å². The highest BCUT2D eigenvalue weighted by Crippen LogP contribution is 2.10. The zero-order valence-corrected chi connectivity index (χ0v) is 14.5. The molecule has 0 saturated heterocycles. The van der Waals surface area contributed by atoms with E-state index in [-0.39, 0.29) is 5.97 Å². The highest BCUT2D eigenvalue weighted by atomic mass is 16.5. The first-order valence-electron chi connectivity index (χ1n) is 8.34. The summed E-state index contributed by atoms with van der Waals surface area (Å²) in [5.74, 6) is 0.265. The van der Waals surface area contributed by atoms with Crippen LogP contribution in [0.5, 0.6) is 0 Å². The van der Waals surface area contributed by atoms with Gasteiger partial charge in [0, 0.05) is 6.42 Å². The molecule has 1 aromatic carbocycles. The quantitative estimate of drug-likeness (QED) is 0.354. The summed E-state index contributed by atoms with van der Waals surface area (Å²) in [6.07, 6.45) is 7.25. The second-order valence-corrected chi connectivity index (χ2v) is 6.54. The molecule has 0 aliphatic rings. The predicted molar refractivity (Wildman–Crippen MR) is 92.9 cm³/mol. The van der Waals surface area contributed by atoms with E-state index in [1.54, 1.807) is 0 Å². The first-order valence-corrected chi connectivity index (χ1v) is 8.34. The number of hydrogen-bond donors (Lipinski definition) is 0. The molecule has 2 nitrogen and oxygen atoms in total. The Hall–Kier alpha value is -1.57. The van der Waals surface area contributed by atoms with Gasteiger partial charge in [-0.1, -0.05) is 49.8 Å². The maximum atomic E-state index is 11.5. The fourth-order valence-corrected chi connectivity index (χ4v) is 2.22. The highest BCUT2D eigenvalue weighted by molar-refractivity contribution is 5.69. The molecule has 22 heavy (non-hydrogen) atoms. The van der Waals surface area contributed by atoms with Gasteiger partial charge in [-0.15, -0.1) is 0 Å². The van der Waals surface area contributed by atoms with Gasteiger partial charge in [0.15, 0.2) is 0 Å². The summed E-state index contributed by atoms with van der Waals surface area (Å²) in [5, 5.41) is 0. The summed E-state index contributed by atoms with van der Waals surface area (Å²) in [7, 11) is 0. The largest absolute Gasteiger partial charge is 0.461 e. The van der Waals surface area contributed by atoms with Gasteiger partial charge in [-0.05, 0) is 56.6 Å². The molecule has 0 bridgehead atoms. The molecule has 0 N–H and O–H groups in total. The smallest absolute Gasteiger partial charge is 0.306 e. The van der Waals surface area contributed by atoms with E-state index >= 15 is 0 Å². The number of esters is 1. The maximum absolute atomic E-state index is 11.5. The topological polar surface area (TPSA) is 26.3 Å². The average Bonchev–Trinajstić information content (AvgIpc) is 2.46. The molecule has 0 atom stereocenters. The molecular formula is C20H30O2. The van der Waals surface area contributed by atoms with Crippen molar-refractivity contribution in [3.63, 3.8) is 0 Å². The average molecular weight is 302 g/mol. The van der Waals surface area contributed by atoms with Crippen LogP contribution < -0.4 is 0 Å². The van der Waals surface area contributed by atoms with Crippen LogP contribution in [0.25, 0.3) is 0 Å². The van der Waals surface area contributed by atoms with Gasteiger partial charge < -0.3 is 4.74 Å². The number of ether oxygens (including phenoxy) is 1. The van der Waals surface area contributed by atoms with Crippen molar-refractivity contribution in [1.29, 1.82) is 0 Å². The number of carbonyl (C=O) groups is 1. The molecule has 0 unspecified atom stereocenters. The van der Waals surface area contributed by atoms with E-state index in [1.807, 2.05) is 20.8 Å². The molecule has 0 fully saturated rings. The number of rotatable bonds is 9. The Kier molecular flexibility index (Phi) is 8.57. The number of allylic oxidation sites excluding steroid dienone is 1. The molecule has 0 amide bonds. The third kappa shape index (κ3) is 8.66. The van der Waals surface area contributed by atoms with Crippen molar-refractivity contribution in [3.8, 4) is 0 Å². The Labute approximate surface area is 135 Å². The van der Waals surface area contributed by atoms with E-state index in [1.165, 1.54) is 24.0 Å². The van der Waals surface area contributed by atoms with Crippen molar-refractivity contribution in [2.24, 2.45) is 5.92 Å². The summed E-state index contributed by atoms with van der Waals surface area (Å²) in [4.78, 5) is 11.5. The van der Waals surface area contributed by atoms with Gasteiger partial charge in [0.05, 0.1) is 0 Å². The lowest BCUT2D eigenvalue weighted by atomic mass is 10.1. The lowest BCUT2D eigenvalue weighted by molar-refractivity contribution is -0.143. The number of hydrogen-bond acceptors (Lipinski definition) is 2. The van der Waals surface area contributed by atoms with E-state index in [9.17, 15) is 4.79 Å². The van der Waals surface area contributed by atoms with Crippen LogP contribution in [-0.4, -0.2) is 12.6 Å². The van der Waals surface area contributed by atoms with Crippen LogP contribution in [0.1, 0.15) is 57.6 Å². The van der Waals surface area contributed by atoms with Gasteiger partial charge in [0.1, 0.15) is 6.61 Å². The predicted octanol–water partition coefficient (Wildman–Crippen LogP) is 5.24. The molecular weight excluding hydrogens is 272 g/mol. The van der Waals surface area contributed by atoms with Gasteiger partial charge in [-0.25, -0.2) is 0 Å². The Balaban J connectivity index is 2.14. The first kappa shape index (κ1) is 18.5. The van der Waals surface area contributed by atoms with Crippen LogP contribution in [-0.2, 0) is 16.0 Å². The third-order valence-corrected chi connectivity index (χ3v) is 3.57. The molecule has 0 spiro atoms. The van der Waals surface area contributed by atoms with Gasteiger partial charge in [0.2, 0.25) is 0 Å². The van der Waals surface area contributed by atoms with E-state index in [0.29, 0.717) is 18.9 Å². The second-order valence-electron chi connectivity index (χ2n) is 6.54. The summed E-state index contributed by atoms with van der Waals surface area (Å²) < 4.78 is 5.24. The van der Waals surface area contributed by atoms with E-state index < -0.39 is 0 Å². The molecule has 2 heteroatoms. The molecule has 122 valence electrons. The molecule has 0 aromatic heterocycles. The Bertz CT molecular complexity index is 469. The van der Waals surface area contributed by atoms with Crippen LogP contribution in [0.2, 0.25) is 0 Å². The van der Waals surface area contributed by atoms with Gasteiger partial charge >= 0.3 is 5.97 Å². The zero-order valence-electron chi connectivity index (χ0n) is 14.5. The van der Waals surface area contributed by atoms with Gasteiger partial charge in [0.25, 0.3) is 0 Å². The van der Waals surface area contributed by atoms with E-state index in [4.69, 9.17) is 4.74 Å². The Morgan fingerprint density at radius 3 is 2.50 bits per heavy atom. The fraction of sp³-hybridized carbons (Fsp3) is 0.550. The normalized spacial score (nSPS) is 11.8. The standard InChI is InChI=1S/C20H30O2/c1-16(2)14-20(21)22-15-18(4)8-6-5-7-9-19-12-10-17(3)11-13-19/h8,10-13,16H,5-7,9,14-15H2,1-4H3/b18-8-. The fourth-order valence-electron chi connectivity index (χ4n) is 2.22. The molecule has 0 aliphatic heterocycles. The monoisotopic (exact) mass is 302 g/mol. The summed E-state index contributed by atoms with van der Waals surface area (Å²) in [5.41, 5.74) is 3.87. The summed E-state index contributed by atoms with van der Waals surface area (Å²) >= 11 is 0. The van der Waals surface area contributed by atoms with Crippen LogP contribution in [0, 0.1) is 12.8 Å². The van der Waals surface area contributed by atoms with Crippen molar-refractivity contribution < 1.29 is 9.53 Å². The minimum Gasteiger partial charge on any atom is -0.461 e. The molecule has 0 saturated carbocycles. The minimum atomic E-state index is -0.0953. The second kappa shape index (κ2) is 10.2. The lowest BCUT2D eigenvalue weighted by Crippen LogP contribution is -2.09. The van der Waals surface area contributed by atoms with Gasteiger partial charge in [-0.3, -0.25) is 4.79 Å². The van der Waals surface area contributed by atoms with Crippen molar-refractivity contribution >= 4 is 5.97 Å². The highest BCUT2D eigenvalue weighted by Gasteiger charge is 2.05. The van der Waals surface area contributed by atoms with Crippen molar-refractivity contribution in [2.45, 2.75) is 59.8 Å². The first-order chi connectivity index (χ1) is 10.5. The number of carbonyl (C=O) groups excluding carboxylic acids is 1. The number of unbranched alkanes of at least 4 members (excludes halogenated alkanes) is 2. The van der Waals surface area contributed by atoms with Crippen LogP contribution >= 0.6 is 0 Å². The summed E-state index contributed by atoms with van der Waals surface area (Å²) in [6.45, 7) is 8.63. The van der Waals surface area contributed by atoms with Gasteiger partial charge in [-0.2, -0.15) is 0 Å². The molecule has 0 aliphatic carbocycles. The Morgan fingerprint density at radius 1 is 1.18 bits per heavy atom. The molecule has 0 radical (unpaired) electrons. The van der Waals surface area contributed by atoms with Crippen molar-refractivity contribution in [1.82, 2.24) is 0 Å². The summed E-state index contributed by atoms with van der Waals surface area (Å²) in [6, 6.07) is 8.77. The van der Waals surface area contributed by atoms with Crippen molar-refractivity contribution in [2.75, 3.05) is 6.61 Å². The molecule has 1 rings (SSSR count). The SMILES string of the molecule is C/C(=C/CCCCc1ccc(C)cc1)COC(=O)CC(C)C. The molecule has 1 aromatic rings. The van der Waals surface area contributed by atoms with E-state index in [2.05, 4.69) is 37.3 Å². The minimum absolute atomic E-state index is 0.0953. The zero-order chi connectivity index (χ0) is 16.4. The number of aryl methyl sites for hydroxylation is 2. The molecule has 0 heterocycles. The third-order valence-electron chi connectivity index (χ3n) is 3.57. The Morgan fingerprint density at radius 2 is 1.86 bits per heavy atom. The number of benzene rings is 1. The van der Waals surface area contributed by atoms with Crippen LogP contribution in [0.15, 0.2) is 35.9 Å². The van der Waals surface area contributed by atoms with Crippen LogP contribution in [0.4, 0.5) is 0 Å². The lowest BCUT2D eigenvalue weighted by Gasteiger charge is -2.07. The maximum Gasteiger partial charge on any atom is 0.306 e.